The molecule has 20 heavy (non-hydrogen) atoms. The van der Waals surface area contributed by atoms with E-state index in [1.807, 2.05) is 13.8 Å². The molecule has 0 aliphatic rings. The van der Waals surface area contributed by atoms with E-state index in [0.717, 1.165) is 0 Å². The third-order valence-electron chi connectivity index (χ3n) is 2.50. The van der Waals surface area contributed by atoms with Crippen LogP contribution in [0, 0.1) is 0 Å². The zero-order valence-corrected chi connectivity index (χ0v) is 12.7. The Labute approximate surface area is 123 Å². The van der Waals surface area contributed by atoms with Gasteiger partial charge in [-0.05, 0) is 31.5 Å². The number of amides is 1. The first-order valence-electron chi connectivity index (χ1n) is 6.37. The molecule has 0 aliphatic carbocycles. The number of rotatable bonds is 7. The Bertz CT molecular complexity index is 463. The van der Waals surface area contributed by atoms with Crippen molar-refractivity contribution in [3.8, 4) is 11.5 Å². The molecule has 6 heteroatoms. The van der Waals surface area contributed by atoms with Crippen LogP contribution in [-0.2, 0) is 11.4 Å². The summed E-state index contributed by atoms with van der Waals surface area (Å²) in [6.45, 7) is 3.86. The lowest BCUT2D eigenvalue weighted by Gasteiger charge is -2.14. The zero-order valence-electron chi connectivity index (χ0n) is 11.9. The van der Waals surface area contributed by atoms with Crippen LogP contribution >= 0.6 is 11.6 Å². The van der Waals surface area contributed by atoms with Crippen molar-refractivity contribution in [1.29, 1.82) is 0 Å². The standard InChI is InChI=1S/C14H20ClNO4/c1-9(2)16-13(18)4-5-20-14-11(15)6-10(8-17)7-12(14)19-3/h6-7,9,17H,4-5,8H2,1-3H3,(H,16,18). The number of hydrogen-bond donors (Lipinski definition) is 2. The average Bonchev–Trinajstić information content (AvgIpc) is 2.39. The van der Waals surface area contributed by atoms with Crippen LogP contribution in [0.4, 0.5) is 0 Å². The second-order valence-corrected chi connectivity index (χ2v) is 5.00. The van der Waals surface area contributed by atoms with Crippen LogP contribution in [-0.4, -0.2) is 30.8 Å². The van der Waals surface area contributed by atoms with Crippen molar-refractivity contribution < 1.29 is 19.4 Å². The highest BCUT2D eigenvalue weighted by atomic mass is 35.5. The molecule has 0 saturated carbocycles. The molecule has 0 atom stereocenters. The molecule has 0 saturated heterocycles. The van der Waals surface area contributed by atoms with Gasteiger partial charge in [0.1, 0.15) is 0 Å². The largest absolute Gasteiger partial charge is 0.493 e. The van der Waals surface area contributed by atoms with Gasteiger partial charge in [0.2, 0.25) is 5.91 Å². The smallest absolute Gasteiger partial charge is 0.223 e. The number of methoxy groups -OCH3 is 1. The number of aliphatic hydroxyl groups is 1. The van der Waals surface area contributed by atoms with Crippen molar-refractivity contribution in [2.24, 2.45) is 0 Å². The number of carbonyl (C=O) groups excluding carboxylic acids is 1. The van der Waals surface area contributed by atoms with Gasteiger partial charge >= 0.3 is 0 Å². The van der Waals surface area contributed by atoms with Crippen LogP contribution in [0.2, 0.25) is 5.02 Å². The third kappa shape index (κ3) is 4.90. The lowest BCUT2D eigenvalue weighted by molar-refractivity contribution is -0.122. The summed E-state index contributed by atoms with van der Waals surface area (Å²) in [5.41, 5.74) is 0.636. The zero-order chi connectivity index (χ0) is 15.1. The van der Waals surface area contributed by atoms with Crippen molar-refractivity contribution in [1.82, 2.24) is 5.32 Å². The van der Waals surface area contributed by atoms with Crippen molar-refractivity contribution in [3.05, 3.63) is 22.7 Å². The second kappa shape index (κ2) is 7.97. The van der Waals surface area contributed by atoms with E-state index in [2.05, 4.69) is 5.32 Å². The average molecular weight is 302 g/mol. The highest BCUT2D eigenvalue weighted by Gasteiger charge is 2.12. The van der Waals surface area contributed by atoms with E-state index in [-0.39, 0.29) is 31.6 Å². The fraction of sp³-hybridized carbons (Fsp3) is 0.500. The van der Waals surface area contributed by atoms with Gasteiger partial charge in [-0.1, -0.05) is 11.6 Å². The molecule has 0 aromatic heterocycles. The van der Waals surface area contributed by atoms with Gasteiger partial charge in [0.25, 0.3) is 0 Å². The summed E-state index contributed by atoms with van der Waals surface area (Å²) in [6.07, 6.45) is 0.236. The minimum atomic E-state index is -0.132. The lowest BCUT2D eigenvalue weighted by atomic mass is 10.2. The van der Waals surface area contributed by atoms with Crippen LogP contribution in [0.3, 0.4) is 0 Å². The highest BCUT2D eigenvalue weighted by molar-refractivity contribution is 6.32. The number of carbonyl (C=O) groups is 1. The van der Waals surface area contributed by atoms with E-state index in [1.54, 1.807) is 12.1 Å². The number of nitrogens with one attached hydrogen (secondary N) is 1. The van der Waals surface area contributed by atoms with Gasteiger partial charge < -0.3 is 19.9 Å². The summed E-state index contributed by atoms with van der Waals surface area (Å²) in [6, 6.07) is 3.35. The number of halogens is 1. The Balaban J connectivity index is 2.66. The quantitative estimate of drug-likeness (QED) is 0.809. The fourth-order valence-electron chi connectivity index (χ4n) is 1.64. The normalized spacial score (nSPS) is 10.5. The summed E-state index contributed by atoms with van der Waals surface area (Å²) in [7, 11) is 1.49. The minimum Gasteiger partial charge on any atom is -0.493 e. The maximum Gasteiger partial charge on any atom is 0.223 e. The first-order chi connectivity index (χ1) is 9.47. The van der Waals surface area contributed by atoms with Crippen LogP contribution in [0.5, 0.6) is 11.5 Å². The van der Waals surface area contributed by atoms with Crippen LogP contribution in [0.25, 0.3) is 0 Å². The Morgan fingerprint density at radius 2 is 2.15 bits per heavy atom. The molecular weight excluding hydrogens is 282 g/mol. The first kappa shape index (κ1) is 16.6. The Morgan fingerprint density at radius 3 is 2.70 bits per heavy atom. The maximum absolute atomic E-state index is 11.5. The number of ether oxygens (including phenoxy) is 2. The molecule has 0 fully saturated rings. The maximum atomic E-state index is 11.5. The molecule has 2 N–H and O–H groups in total. The first-order valence-corrected chi connectivity index (χ1v) is 6.75. The van der Waals surface area contributed by atoms with Crippen molar-refractivity contribution in [2.45, 2.75) is 32.9 Å². The number of hydrogen-bond acceptors (Lipinski definition) is 4. The van der Waals surface area contributed by atoms with Crippen LogP contribution < -0.4 is 14.8 Å². The van der Waals surface area contributed by atoms with Gasteiger partial charge in [-0.3, -0.25) is 4.79 Å². The minimum absolute atomic E-state index is 0.0814. The van der Waals surface area contributed by atoms with E-state index < -0.39 is 0 Å². The molecular formula is C14H20ClNO4. The molecule has 0 unspecified atom stereocenters. The molecule has 1 amide bonds. The van der Waals surface area contributed by atoms with E-state index >= 15 is 0 Å². The molecule has 0 heterocycles. The van der Waals surface area contributed by atoms with E-state index in [9.17, 15) is 4.79 Å². The van der Waals surface area contributed by atoms with Crippen molar-refractivity contribution in [2.75, 3.05) is 13.7 Å². The predicted molar refractivity (Wildman–Crippen MR) is 77.3 cm³/mol. The predicted octanol–water partition coefficient (Wildman–Crippen LogP) is 2.13. The Kier molecular flexibility index (Phi) is 6.61. The molecule has 0 aliphatic heterocycles. The summed E-state index contributed by atoms with van der Waals surface area (Å²) in [5, 5.41) is 12.2. The van der Waals surface area contributed by atoms with Crippen molar-refractivity contribution >= 4 is 17.5 Å². The third-order valence-corrected chi connectivity index (χ3v) is 2.78. The summed E-state index contributed by atoms with van der Waals surface area (Å²) < 4.78 is 10.7. The van der Waals surface area contributed by atoms with Gasteiger partial charge in [0, 0.05) is 6.04 Å². The molecule has 0 radical (unpaired) electrons. The molecule has 0 bridgehead atoms. The Morgan fingerprint density at radius 1 is 1.45 bits per heavy atom. The summed E-state index contributed by atoms with van der Waals surface area (Å²) >= 11 is 6.08. The SMILES string of the molecule is COc1cc(CO)cc(Cl)c1OCCC(=O)NC(C)C. The van der Waals surface area contributed by atoms with Gasteiger partial charge in [-0.15, -0.1) is 0 Å². The number of benzene rings is 1. The molecule has 112 valence electrons. The van der Waals surface area contributed by atoms with E-state index in [0.29, 0.717) is 22.1 Å². The van der Waals surface area contributed by atoms with Crippen LogP contribution in [0.15, 0.2) is 12.1 Å². The van der Waals surface area contributed by atoms with Gasteiger partial charge in [0.15, 0.2) is 11.5 Å². The molecule has 5 nitrogen and oxygen atoms in total. The molecule has 1 aromatic carbocycles. The molecule has 1 rings (SSSR count). The summed E-state index contributed by atoms with van der Waals surface area (Å²) in [4.78, 5) is 11.5. The van der Waals surface area contributed by atoms with E-state index in [1.165, 1.54) is 7.11 Å². The van der Waals surface area contributed by atoms with Gasteiger partial charge in [-0.2, -0.15) is 0 Å². The van der Waals surface area contributed by atoms with Crippen molar-refractivity contribution in [3.63, 3.8) is 0 Å². The Hall–Kier alpha value is -1.46. The summed E-state index contributed by atoms with van der Waals surface area (Å²) in [5.74, 6) is 0.733. The number of aliphatic hydroxyl groups excluding tert-OH is 1. The van der Waals surface area contributed by atoms with Gasteiger partial charge in [0.05, 0.1) is 31.8 Å². The molecule has 1 aromatic rings. The monoisotopic (exact) mass is 301 g/mol. The second-order valence-electron chi connectivity index (χ2n) is 4.59. The highest BCUT2D eigenvalue weighted by Crippen LogP contribution is 2.36. The lowest BCUT2D eigenvalue weighted by Crippen LogP contribution is -2.31. The van der Waals surface area contributed by atoms with Crippen LogP contribution in [0.1, 0.15) is 25.8 Å². The van der Waals surface area contributed by atoms with E-state index in [4.69, 9.17) is 26.2 Å². The van der Waals surface area contributed by atoms with Gasteiger partial charge in [-0.25, -0.2) is 0 Å². The molecule has 0 spiro atoms. The topological polar surface area (TPSA) is 67.8 Å². The fourth-order valence-corrected chi connectivity index (χ4v) is 1.93.